The van der Waals surface area contributed by atoms with Crippen molar-refractivity contribution in [2.75, 3.05) is 26.3 Å². The molecular formula is C51H63N7O7. The first-order valence-electron chi connectivity index (χ1n) is 22.1. The fourth-order valence-corrected chi connectivity index (χ4v) is 7.25. The molecule has 0 bridgehead atoms. The third-order valence-corrected chi connectivity index (χ3v) is 10.5. The van der Waals surface area contributed by atoms with Crippen LogP contribution in [0.4, 0.5) is 0 Å². The van der Waals surface area contributed by atoms with Gasteiger partial charge in [0.2, 0.25) is 11.8 Å². The van der Waals surface area contributed by atoms with Crippen molar-refractivity contribution in [1.29, 1.82) is 5.41 Å². The molecule has 0 saturated carbocycles. The summed E-state index contributed by atoms with van der Waals surface area (Å²) in [5.74, 6) is -1.58. The topological polar surface area (TPSA) is 220 Å². The third kappa shape index (κ3) is 14.8. The molecule has 0 spiro atoms. The van der Waals surface area contributed by atoms with Crippen LogP contribution in [0.25, 0.3) is 32.7 Å². The fraction of sp³-hybridized carbons (Fsp3) is 0.353. The van der Waals surface area contributed by atoms with E-state index in [0.29, 0.717) is 43.9 Å². The van der Waals surface area contributed by atoms with Crippen molar-refractivity contribution in [3.63, 3.8) is 0 Å². The molecule has 9 N–H and O–H groups in total. The van der Waals surface area contributed by atoms with Crippen molar-refractivity contribution in [3.05, 3.63) is 121 Å². The van der Waals surface area contributed by atoms with Gasteiger partial charge in [-0.2, -0.15) is 0 Å². The predicted octanol–water partition coefficient (Wildman–Crippen LogP) is 6.63. The van der Waals surface area contributed by atoms with Crippen molar-refractivity contribution in [2.24, 2.45) is 16.9 Å². The van der Waals surface area contributed by atoms with E-state index >= 15 is 0 Å². The maximum absolute atomic E-state index is 14.1. The first kappa shape index (κ1) is 49.1. The molecule has 0 aromatic heterocycles. The van der Waals surface area contributed by atoms with Crippen LogP contribution in [0.2, 0.25) is 0 Å². The Morgan fingerprint density at radius 2 is 1.26 bits per heavy atom. The van der Waals surface area contributed by atoms with Gasteiger partial charge in [-0.25, -0.2) is 4.79 Å². The normalized spacial score (nSPS) is 12.6. The van der Waals surface area contributed by atoms with Crippen molar-refractivity contribution >= 4 is 51.2 Å². The summed E-state index contributed by atoms with van der Waals surface area (Å²) in [4.78, 5) is 55.0. The second-order valence-electron chi connectivity index (χ2n) is 17.1. The number of benzene rings is 5. The van der Waals surface area contributed by atoms with Crippen LogP contribution in [0.5, 0.6) is 11.5 Å². The maximum atomic E-state index is 14.1. The van der Waals surface area contributed by atoms with Gasteiger partial charge in [-0.15, -0.1) is 6.58 Å². The summed E-state index contributed by atoms with van der Waals surface area (Å²) < 4.78 is 18.4. The lowest BCUT2D eigenvalue weighted by Crippen LogP contribution is -2.56. The minimum absolute atomic E-state index is 0.00615. The van der Waals surface area contributed by atoms with Crippen LogP contribution in [-0.2, 0) is 30.5 Å². The molecule has 3 atom stereocenters. The van der Waals surface area contributed by atoms with Crippen molar-refractivity contribution in [2.45, 2.75) is 84.0 Å². The number of rotatable bonds is 24. The summed E-state index contributed by atoms with van der Waals surface area (Å²) in [5.41, 5.74) is 13.5. The van der Waals surface area contributed by atoms with E-state index in [-0.39, 0.29) is 43.8 Å². The number of carbonyl (C=O) groups is 4. The Labute approximate surface area is 381 Å². The largest absolute Gasteiger partial charge is 0.492 e. The number of guanidine groups is 1. The number of hydrogen-bond donors (Lipinski definition) is 7. The Morgan fingerprint density at radius 3 is 1.85 bits per heavy atom. The summed E-state index contributed by atoms with van der Waals surface area (Å²) in [6, 6.07) is 29.6. The first-order valence-corrected chi connectivity index (χ1v) is 22.1. The average molecular weight is 886 g/mol. The van der Waals surface area contributed by atoms with Crippen molar-refractivity contribution in [1.82, 2.24) is 21.3 Å². The zero-order valence-electron chi connectivity index (χ0n) is 37.6. The van der Waals surface area contributed by atoms with Crippen molar-refractivity contribution < 1.29 is 33.4 Å². The number of hydrogen-bond acceptors (Lipinski definition) is 9. The molecule has 65 heavy (non-hydrogen) atoms. The number of unbranched alkanes of at least 4 members (excludes halogenated alkanes) is 1. The van der Waals surface area contributed by atoms with Gasteiger partial charge in [0.05, 0.1) is 6.61 Å². The number of carbonyl (C=O) groups excluding carboxylic acids is 4. The molecule has 0 aliphatic rings. The van der Waals surface area contributed by atoms with E-state index in [4.69, 9.17) is 31.1 Å². The molecule has 0 aliphatic carbocycles. The van der Waals surface area contributed by atoms with Gasteiger partial charge in [-0.05, 0) is 89.7 Å². The Morgan fingerprint density at radius 1 is 0.708 bits per heavy atom. The van der Waals surface area contributed by atoms with Gasteiger partial charge in [-0.3, -0.25) is 19.8 Å². The number of ether oxygens (including phenoxy) is 3. The number of esters is 1. The average Bonchev–Trinajstić information content (AvgIpc) is 3.29. The molecule has 0 radical (unpaired) electrons. The summed E-state index contributed by atoms with van der Waals surface area (Å²) in [5, 5.41) is 22.4. The Bertz CT molecular complexity index is 2420. The highest BCUT2D eigenvalue weighted by atomic mass is 16.5. The van der Waals surface area contributed by atoms with Crippen LogP contribution < -0.4 is 42.2 Å². The quantitative estimate of drug-likeness (QED) is 0.0115. The van der Waals surface area contributed by atoms with Crippen LogP contribution >= 0.6 is 0 Å². The van der Waals surface area contributed by atoms with Gasteiger partial charge in [0.15, 0.2) is 12.6 Å². The van der Waals surface area contributed by atoms with Crippen molar-refractivity contribution in [3.8, 4) is 22.6 Å². The number of nitrogens with two attached hydrogens (primary N) is 2. The smallest absolute Gasteiger partial charge is 0.329 e. The summed E-state index contributed by atoms with van der Waals surface area (Å²) >= 11 is 0. The lowest BCUT2D eigenvalue weighted by molar-refractivity contribution is -0.149. The summed E-state index contributed by atoms with van der Waals surface area (Å²) in [6.07, 6.45) is 3.35. The van der Waals surface area contributed by atoms with E-state index in [0.717, 1.165) is 38.2 Å². The molecule has 3 amide bonds. The van der Waals surface area contributed by atoms with Crippen LogP contribution in [0, 0.1) is 10.8 Å². The van der Waals surface area contributed by atoms with Crippen LogP contribution in [0.1, 0.15) is 64.9 Å². The van der Waals surface area contributed by atoms with Gasteiger partial charge in [0, 0.05) is 17.7 Å². The third-order valence-electron chi connectivity index (χ3n) is 10.5. The molecule has 14 nitrogen and oxygen atoms in total. The number of amides is 3. The minimum atomic E-state index is -1.13. The Kier molecular flexibility index (Phi) is 18.3. The lowest BCUT2D eigenvalue weighted by atomic mass is 9.92. The van der Waals surface area contributed by atoms with Gasteiger partial charge in [0.25, 0.3) is 5.91 Å². The molecule has 5 rings (SSSR count). The SMILES string of the molecule is C=CC[C@H](NC(=O)[C@@H](CCCNC(=N)N)NC(=O)[C@@H](CCCCN)NC(=O)COc1ccc2ccccc2c1-c1c(OCC(C)(C)C)ccc2ccccc12)C(=O)OCc1ccccc1. The fourth-order valence-electron chi connectivity index (χ4n) is 7.25. The van der Waals surface area contributed by atoms with E-state index < -0.39 is 48.4 Å². The maximum Gasteiger partial charge on any atom is 0.329 e. The van der Waals surface area contributed by atoms with E-state index in [1.54, 1.807) is 0 Å². The van der Waals surface area contributed by atoms with Gasteiger partial charge >= 0.3 is 5.97 Å². The molecule has 0 unspecified atom stereocenters. The second kappa shape index (κ2) is 24.2. The second-order valence-corrected chi connectivity index (χ2v) is 17.1. The molecular weight excluding hydrogens is 823 g/mol. The highest BCUT2D eigenvalue weighted by Crippen LogP contribution is 2.45. The van der Waals surface area contributed by atoms with E-state index in [1.807, 2.05) is 103 Å². The van der Waals surface area contributed by atoms with Gasteiger partial charge < -0.3 is 46.9 Å². The van der Waals surface area contributed by atoms with Gasteiger partial charge in [0.1, 0.15) is 36.2 Å². The van der Waals surface area contributed by atoms with Crippen LogP contribution in [-0.4, -0.2) is 74.1 Å². The highest BCUT2D eigenvalue weighted by molar-refractivity contribution is 6.10. The number of fused-ring (bicyclic) bond motifs is 2. The molecule has 5 aromatic rings. The first-order chi connectivity index (χ1) is 31.3. The number of nitrogens with one attached hydrogen (secondary N) is 5. The highest BCUT2D eigenvalue weighted by Gasteiger charge is 2.30. The molecule has 14 heteroatoms. The Hall–Kier alpha value is -6.93. The minimum Gasteiger partial charge on any atom is -0.492 e. The molecule has 5 aromatic carbocycles. The molecule has 0 fully saturated rings. The molecule has 0 saturated heterocycles. The standard InChI is InChI=1S/C51H63N7O7/c1-5-16-41(49(62)64-31-34-17-7-6-8-18-34)58-48(61)40(24-15-30-55-50(53)54)57-47(60)39(23-13-14-29-52)56-44(59)32-63-42-27-25-35-19-9-11-21-37(35)45(42)46-38-22-12-10-20-36(38)26-28-43(46)65-33-51(2,3)4/h5-12,17-22,25-28,39-41H,1,13-16,23-24,29-33,52H2,2-4H3,(H,56,59)(H,57,60)(H,58,61)(H4,53,54,55)/t39-,40-,41+/m1/s1. The van der Waals surface area contributed by atoms with E-state index in [1.165, 1.54) is 6.08 Å². The monoisotopic (exact) mass is 885 g/mol. The lowest BCUT2D eigenvalue weighted by Gasteiger charge is -2.25. The molecule has 0 heterocycles. The summed E-state index contributed by atoms with van der Waals surface area (Å²) in [7, 11) is 0. The Balaban J connectivity index is 1.37. The van der Waals surface area contributed by atoms with Crippen LogP contribution in [0.3, 0.4) is 0 Å². The summed E-state index contributed by atoms with van der Waals surface area (Å²) in [6.45, 7) is 10.7. The molecule has 0 aliphatic heterocycles. The van der Waals surface area contributed by atoms with E-state index in [2.05, 4.69) is 48.6 Å². The predicted molar refractivity (Wildman–Crippen MR) is 256 cm³/mol. The zero-order chi connectivity index (χ0) is 46.8. The zero-order valence-corrected chi connectivity index (χ0v) is 37.6. The molecule has 344 valence electrons. The van der Waals surface area contributed by atoms with Gasteiger partial charge in [-0.1, -0.05) is 118 Å². The van der Waals surface area contributed by atoms with Crippen LogP contribution in [0.15, 0.2) is 116 Å². The van der Waals surface area contributed by atoms with E-state index in [9.17, 15) is 19.2 Å².